The quantitative estimate of drug-likeness (QED) is 0.0219. The first-order valence-corrected chi connectivity index (χ1v) is 30.9. The average molecular weight is 1250 g/mol. The van der Waals surface area contributed by atoms with Crippen LogP contribution in [-0.2, 0) is 58.2 Å². The molecule has 5 aromatic carbocycles. The monoisotopic (exact) mass is 1250 g/mol. The fourth-order valence-electron chi connectivity index (χ4n) is 7.45. The molecule has 81 heavy (non-hydrogen) atoms. The first-order valence-electron chi connectivity index (χ1n) is 22.4. The van der Waals surface area contributed by atoms with E-state index in [1.54, 1.807) is 56.3 Å². The van der Waals surface area contributed by atoms with Crippen LogP contribution in [-0.4, -0.2) is 120 Å². The molecule has 0 radical (unpaired) electrons. The number of aliphatic hydroxyl groups is 1. The van der Waals surface area contributed by atoms with Crippen molar-refractivity contribution in [2.24, 2.45) is 30.7 Å². The van der Waals surface area contributed by atoms with Crippen LogP contribution in [0.4, 0.5) is 33.6 Å². The normalized spacial score (nSPS) is 12.0. The standard InChI is InChI=1S/C45H40N10O13S5.2O3S/c1-24-16-34(51-53-40-25(2)30(22-46)43-47-33-19-28(67-3)10-11-36(33)55(43)44(40)57)37(68-12-6-14-71(58,59)60)20-31(24)49-52-35-17-27(23-56)32(21-38(35)69-13-7-15-72(61,62)63)50-54-45-48-41-39(73(64,65)66)18-26-8-4-5-9-29(26)42(41)70-45;2*1-4(2)3/h4-5,8-11,16-21,56-57H,6-7,12-15,23H2,1-3H3,(H,58,59,60)(H,61,62,63)(H,64,65,66);;. The number of benzene rings is 5. The predicted octanol–water partition coefficient (Wildman–Crippen LogP) is 8.46. The van der Waals surface area contributed by atoms with Gasteiger partial charge in [0.15, 0.2) is 11.3 Å². The molecule has 3 heterocycles. The van der Waals surface area contributed by atoms with Gasteiger partial charge in [-0.05, 0) is 79.8 Å². The Morgan fingerprint density at radius 3 is 2.05 bits per heavy atom. The second kappa shape index (κ2) is 26.6. The van der Waals surface area contributed by atoms with Gasteiger partial charge in [-0.3, -0.25) is 18.1 Å². The van der Waals surface area contributed by atoms with E-state index in [4.69, 9.17) is 34.7 Å². The maximum absolute atomic E-state index is 12.4. The molecule has 0 aliphatic rings. The minimum absolute atomic E-state index is 0.0155. The lowest BCUT2D eigenvalue weighted by atomic mass is 10.1. The second-order valence-electron chi connectivity index (χ2n) is 16.4. The molecule has 0 aliphatic heterocycles. The van der Waals surface area contributed by atoms with Crippen LogP contribution in [0.5, 0.6) is 17.4 Å². The van der Waals surface area contributed by atoms with E-state index in [-0.39, 0.29) is 98.3 Å². The Bertz CT molecular complexity index is 4470. The number of rotatable bonds is 19. The van der Waals surface area contributed by atoms with Crippen LogP contribution in [0.2, 0.25) is 0 Å². The fraction of sp³-hybridized carbons (Fsp3) is 0.222. The lowest BCUT2D eigenvalue weighted by Crippen LogP contribution is -2.08. The van der Waals surface area contributed by atoms with E-state index in [9.17, 15) is 54.4 Å². The number of aliphatic hydroxyl groups excluding tert-OH is 1. The molecule has 3 aromatic heterocycles. The number of hydrogen-bond donors (Lipinski definition) is 5. The smallest absolute Gasteiger partial charge is 0.425 e. The molecular formula is C45H40N10O19S7. The van der Waals surface area contributed by atoms with Gasteiger partial charge < -0.3 is 19.7 Å². The number of aryl methyl sites for hydroxylation is 1. The van der Waals surface area contributed by atoms with Crippen LogP contribution in [0.25, 0.3) is 37.7 Å². The summed E-state index contributed by atoms with van der Waals surface area (Å²) in [5, 5.41) is 59.8. The van der Waals surface area contributed by atoms with E-state index in [0.717, 1.165) is 23.1 Å². The topological polar surface area (TPSA) is 453 Å². The van der Waals surface area contributed by atoms with Gasteiger partial charge in [0.1, 0.15) is 39.2 Å². The van der Waals surface area contributed by atoms with Crippen LogP contribution in [0.3, 0.4) is 0 Å². The summed E-state index contributed by atoms with van der Waals surface area (Å²) in [5.74, 6) is -0.832. The summed E-state index contributed by atoms with van der Waals surface area (Å²) in [7, 11) is -18.0. The lowest BCUT2D eigenvalue weighted by Gasteiger charge is -2.12. The van der Waals surface area contributed by atoms with Crippen LogP contribution in [0.1, 0.15) is 35.1 Å². The molecule has 0 saturated carbocycles. The summed E-state index contributed by atoms with van der Waals surface area (Å²) in [6.45, 7) is 2.44. The summed E-state index contributed by atoms with van der Waals surface area (Å²) in [6.07, 6.45) is -0.104. The van der Waals surface area contributed by atoms with Crippen LogP contribution < -0.4 is 9.47 Å². The highest BCUT2D eigenvalue weighted by Gasteiger charge is 2.23. The largest absolute Gasteiger partial charge is 0.497 e. The number of aromatic hydroxyl groups is 1. The number of ether oxygens (including phenoxy) is 2. The maximum Gasteiger partial charge on any atom is 0.425 e. The second-order valence-corrected chi connectivity index (χ2v) is 23.8. The van der Waals surface area contributed by atoms with Crippen molar-refractivity contribution in [2.75, 3.05) is 31.0 Å². The first-order chi connectivity index (χ1) is 38.1. The number of thiazole rings is 1. The van der Waals surface area contributed by atoms with Gasteiger partial charge in [-0.25, -0.2) is 9.97 Å². The highest BCUT2D eigenvalue weighted by Crippen LogP contribution is 2.44. The van der Waals surface area contributed by atoms with Crippen LogP contribution in [0, 0.1) is 25.2 Å². The molecule has 0 amide bonds. The number of pyridine rings is 1. The van der Waals surface area contributed by atoms with Crippen molar-refractivity contribution < 1.29 is 83.9 Å². The number of nitrogens with zero attached hydrogens (tertiary/aromatic N) is 10. The van der Waals surface area contributed by atoms with Crippen molar-refractivity contribution in [3.63, 3.8) is 0 Å². The molecular weight excluding hydrogens is 1210 g/mol. The minimum atomic E-state index is -4.69. The summed E-state index contributed by atoms with van der Waals surface area (Å²) in [4.78, 5) is 8.87. The molecule has 29 nitrogen and oxygen atoms in total. The number of imidazole rings is 1. The average Bonchev–Trinajstić information content (AvgIpc) is 4.16. The maximum atomic E-state index is 12.4. The molecule has 0 fully saturated rings. The zero-order valence-electron chi connectivity index (χ0n) is 41.7. The van der Waals surface area contributed by atoms with E-state index in [2.05, 4.69) is 46.7 Å². The third kappa shape index (κ3) is 16.4. The van der Waals surface area contributed by atoms with E-state index < -0.39 is 74.6 Å². The number of hydrogen-bond acceptors (Lipinski definition) is 27. The molecule has 8 aromatic rings. The van der Waals surface area contributed by atoms with Gasteiger partial charge in [0.25, 0.3) is 30.4 Å². The van der Waals surface area contributed by atoms with Crippen molar-refractivity contribution in [2.45, 2.75) is 43.1 Å². The van der Waals surface area contributed by atoms with E-state index in [1.807, 2.05) is 0 Å². The molecule has 0 unspecified atom stereocenters. The van der Waals surface area contributed by atoms with Crippen molar-refractivity contribution in [1.82, 2.24) is 14.4 Å². The Kier molecular flexibility index (Phi) is 20.5. The number of fused-ring (bicyclic) bond motifs is 6. The Hall–Kier alpha value is -7.83. The first kappa shape index (κ1) is 62.4. The molecule has 8 rings (SSSR count). The highest BCUT2D eigenvalue weighted by molar-refractivity contribution is 7.99. The molecule has 0 saturated heterocycles. The zero-order chi connectivity index (χ0) is 59.6. The molecule has 0 bridgehead atoms. The van der Waals surface area contributed by atoms with Gasteiger partial charge in [-0.15, -0.1) is 62.6 Å². The van der Waals surface area contributed by atoms with Crippen molar-refractivity contribution in [1.29, 1.82) is 5.26 Å². The number of azo groups is 3. The number of nitriles is 1. The highest BCUT2D eigenvalue weighted by atomic mass is 32.2. The Morgan fingerprint density at radius 2 is 1.41 bits per heavy atom. The number of methoxy groups -OCH3 is 1. The summed E-state index contributed by atoms with van der Waals surface area (Å²) in [5.41, 5.74) is 2.65. The Labute approximate surface area is 469 Å². The minimum Gasteiger partial charge on any atom is -0.497 e. The predicted molar refractivity (Wildman–Crippen MR) is 291 cm³/mol. The van der Waals surface area contributed by atoms with Crippen molar-refractivity contribution >= 4 is 146 Å². The van der Waals surface area contributed by atoms with Gasteiger partial charge >= 0.3 is 21.2 Å². The number of thioether (sulfide) groups is 1. The molecule has 36 heteroatoms. The lowest BCUT2D eigenvalue weighted by molar-refractivity contribution is 0.282. The third-order valence-corrected chi connectivity index (χ3v) is 15.5. The van der Waals surface area contributed by atoms with Gasteiger partial charge in [-0.2, -0.15) is 35.6 Å². The van der Waals surface area contributed by atoms with Crippen LogP contribution in [0.15, 0.2) is 113 Å². The zero-order valence-corrected chi connectivity index (χ0v) is 47.4. The van der Waals surface area contributed by atoms with Crippen molar-refractivity contribution in [3.8, 4) is 23.4 Å². The number of aromatic nitrogens is 3. The summed E-state index contributed by atoms with van der Waals surface area (Å²) in [6, 6.07) is 21.3. The third-order valence-electron chi connectivity index (χ3n) is 11.0. The Balaban J connectivity index is 0.00000124. The molecule has 0 aliphatic carbocycles. The molecule has 5 N–H and O–H groups in total. The van der Waals surface area contributed by atoms with Gasteiger partial charge in [0.05, 0.1) is 64.6 Å². The van der Waals surface area contributed by atoms with Gasteiger partial charge in [0, 0.05) is 33.5 Å². The Morgan fingerprint density at radius 1 is 0.765 bits per heavy atom. The SMILES string of the molecule is COc1ccc2c(c1)nc1c(C#N)c(C)c(N=Nc3cc(C)c(N=Nc4cc(CO)c(N=Nc5nc6c(S(=O)(=O)O)cc7ccccc7c6s5)cc4SCCCS(=O)(=O)O)cc3OCCCS(=O)(=O)O)c(O)n12.O=S(=O)=O.O=S(=O)=O. The van der Waals surface area contributed by atoms with Gasteiger partial charge in [0.2, 0.25) is 11.0 Å². The van der Waals surface area contributed by atoms with E-state index >= 15 is 0 Å². The van der Waals surface area contributed by atoms with Crippen LogP contribution >= 0.6 is 23.1 Å². The fourth-order valence-corrected chi connectivity index (χ4v) is 11.3. The van der Waals surface area contributed by atoms with Crippen molar-refractivity contribution in [3.05, 3.63) is 95.1 Å². The summed E-state index contributed by atoms with van der Waals surface area (Å²) < 4.78 is 163. The van der Waals surface area contributed by atoms with E-state index in [0.29, 0.717) is 42.7 Å². The van der Waals surface area contributed by atoms with E-state index in [1.165, 1.54) is 41.8 Å². The molecule has 0 spiro atoms. The van der Waals surface area contributed by atoms with Gasteiger partial charge in [-0.1, -0.05) is 35.6 Å². The molecule has 0 atom stereocenters. The summed E-state index contributed by atoms with van der Waals surface area (Å²) >= 11 is 2.15. The molecule has 426 valence electrons.